The normalized spacial score (nSPS) is 10.3. The molecule has 1 heterocycles. The summed E-state index contributed by atoms with van der Waals surface area (Å²) in [6.45, 7) is 2.66. The first kappa shape index (κ1) is 18.4. The van der Waals surface area contributed by atoms with Gasteiger partial charge in [-0.15, -0.1) is 0 Å². The molecular formula is C21H22N4O2. The van der Waals surface area contributed by atoms with Crippen LogP contribution in [0.3, 0.4) is 0 Å². The van der Waals surface area contributed by atoms with Crippen molar-refractivity contribution in [3.8, 4) is 0 Å². The molecule has 0 bridgehead atoms. The minimum Gasteiger partial charge on any atom is -0.465 e. The summed E-state index contributed by atoms with van der Waals surface area (Å²) in [7, 11) is 1.36. The first-order valence-corrected chi connectivity index (χ1v) is 8.73. The third-order valence-electron chi connectivity index (χ3n) is 3.95. The van der Waals surface area contributed by atoms with Gasteiger partial charge in [-0.25, -0.2) is 9.78 Å². The van der Waals surface area contributed by atoms with Crippen LogP contribution in [0, 0.1) is 6.92 Å². The van der Waals surface area contributed by atoms with Crippen molar-refractivity contribution in [1.29, 1.82) is 0 Å². The molecule has 0 amide bonds. The summed E-state index contributed by atoms with van der Waals surface area (Å²) in [4.78, 5) is 20.6. The maximum Gasteiger partial charge on any atom is 0.337 e. The molecule has 3 aromatic rings. The van der Waals surface area contributed by atoms with Gasteiger partial charge in [-0.2, -0.15) is 4.98 Å². The number of hydrogen-bond acceptors (Lipinski definition) is 6. The quantitative estimate of drug-likeness (QED) is 0.620. The number of aromatic nitrogens is 2. The Balaban J connectivity index is 1.67. The highest BCUT2D eigenvalue weighted by atomic mass is 16.5. The van der Waals surface area contributed by atoms with Gasteiger partial charge in [0.2, 0.25) is 5.95 Å². The van der Waals surface area contributed by atoms with E-state index in [1.807, 2.05) is 37.3 Å². The van der Waals surface area contributed by atoms with E-state index >= 15 is 0 Å². The van der Waals surface area contributed by atoms with Gasteiger partial charge in [0.1, 0.15) is 5.82 Å². The van der Waals surface area contributed by atoms with E-state index in [1.54, 1.807) is 18.2 Å². The van der Waals surface area contributed by atoms with Crippen molar-refractivity contribution in [2.24, 2.45) is 0 Å². The second kappa shape index (κ2) is 8.80. The zero-order valence-electron chi connectivity index (χ0n) is 15.4. The molecule has 0 aliphatic heterocycles. The molecule has 0 atom stereocenters. The number of ether oxygens (including phenoxy) is 1. The number of esters is 1. The Morgan fingerprint density at radius 1 is 1.04 bits per heavy atom. The van der Waals surface area contributed by atoms with Crippen LogP contribution in [0.4, 0.5) is 17.5 Å². The molecule has 1 aromatic heterocycles. The Bertz CT molecular complexity index is 913. The lowest BCUT2D eigenvalue weighted by atomic mass is 10.1. The third-order valence-corrected chi connectivity index (χ3v) is 3.95. The molecule has 6 heteroatoms. The fourth-order valence-electron chi connectivity index (χ4n) is 2.66. The summed E-state index contributed by atoms with van der Waals surface area (Å²) in [5.41, 5.74) is 3.34. The number of carbonyl (C=O) groups excluding carboxylic acids is 1. The second-order valence-corrected chi connectivity index (χ2v) is 6.08. The van der Waals surface area contributed by atoms with Crippen LogP contribution in [0.2, 0.25) is 0 Å². The molecule has 3 rings (SSSR count). The SMILES string of the molecule is COC(=O)c1cccc(Nc2cc(C)nc(NCCc3ccccc3)n2)c1. The molecule has 6 nitrogen and oxygen atoms in total. The maximum atomic E-state index is 11.7. The summed E-state index contributed by atoms with van der Waals surface area (Å²) in [6.07, 6.45) is 0.891. The Morgan fingerprint density at radius 3 is 2.63 bits per heavy atom. The van der Waals surface area contributed by atoms with Gasteiger partial charge < -0.3 is 15.4 Å². The average molecular weight is 362 g/mol. The van der Waals surface area contributed by atoms with E-state index in [2.05, 4.69) is 32.7 Å². The highest BCUT2D eigenvalue weighted by Crippen LogP contribution is 2.18. The topological polar surface area (TPSA) is 76.1 Å². The first-order valence-electron chi connectivity index (χ1n) is 8.73. The number of benzene rings is 2. The molecule has 0 fully saturated rings. The largest absolute Gasteiger partial charge is 0.465 e. The van der Waals surface area contributed by atoms with Crippen molar-refractivity contribution in [2.75, 3.05) is 24.3 Å². The number of carbonyl (C=O) groups is 1. The number of anilines is 3. The molecule has 0 radical (unpaired) electrons. The van der Waals surface area contributed by atoms with Gasteiger partial charge >= 0.3 is 5.97 Å². The summed E-state index contributed by atoms with van der Waals surface area (Å²) in [5.74, 6) is 0.852. The lowest BCUT2D eigenvalue weighted by Crippen LogP contribution is -2.09. The summed E-state index contributed by atoms with van der Waals surface area (Å²) >= 11 is 0. The summed E-state index contributed by atoms with van der Waals surface area (Å²) in [6, 6.07) is 19.2. The standard InChI is InChI=1S/C21H22N4O2/c1-15-13-19(24-18-10-6-9-17(14-18)20(26)27-2)25-21(23-15)22-12-11-16-7-4-3-5-8-16/h3-10,13-14H,11-12H2,1-2H3,(H2,22,23,24,25). The number of hydrogen-bond donors (Lipinski definition) is 2. The van der Waals surface area contributed by atoms with E-state index in [-0.39, 0.29) is 5.97 Å². The molecule has 0 saturated heterocycles. The molecule has 0 saturated carbocycles. The van der Waals surface area contributed by atoms with Crippen molar-refractivity contribution in [1.82, 2.24) is 9.97 Å². The molecule has 0 aliphatic carbocycles. The van der Waals surface area contributed by atoms with Crippen molar-refractivity contribution in [2.45, 2.75) is 13.3 Å². The van der Waals surface area contributed by atoms with Crippen molar-refractivity contribution in [3.05, 3.63) is 77.5 Å². The lowest BCUT2D eigenvalue weighted by molar-refractivity contribution is 0.0601. The number of aryl methyl sites for hydroxylation is 1. The van der Waals surface area contributed by atoms with Gasteiger partial charge in [-0.05, 0) is 37.1 Å². The number of nitrogens with one attached hydrogen (secondary N) is 2. The minimum absolute atomic E-state index is 0.374. The van der Waals surface area contributed by atoms with Crippen LogP contribution in [0.1, 0.15) is 21.6 Å². The van der Waals surface area contributed by atoms with Crippen molar-refractivity contribution >= 4 is 23.4 Å². The highest BCUT2D eigenvalue weighted by Gasteiger charge is 2.07. The monoisotopic (exact) mass is 362 g/mol. The Kier molecular flexibility index (Phi) is 5.99. The van der Waals surface area contributed by atoms with Gasteiger partial charge in [-0.1, -0.05) is 36.4 Å². The first-order chi connectivity index (χ1) is 13.1. The van der Waals surface area contributed by atoms with Crippen LogP contribution in [0.5, 0.6) is 0 Å². The van der Waals surface area contributed by atoms with Crippen LogP contribution in [-0.2, 0) is 11.2 Å². The molecule has 138 valence electrons. The van der Waals surface area contributed by atoms with Gasteiger partial charge in [0.25, 0.3) is 0 Å². The van der Waals surface area contributed by atoms with Gasteiger partial charge in [-0.3, -0.25) is 0 Å². The van der Waals surface area contributed by atoms with E-state index in [9.17, 15) is 4.79 Å². The fraction of sp³-hybridized carbons (Fsp3) is 0.190. The van der Waals surface area contributed by atoms with E-state index in [4.69, 9.17) is 4.74 Å². The van der Waals surface area contributed by atoms with Crippen LogP contribution in [-0.4, -0.2) is 29.6 Å². The smallest absolute Gasteiger partial charge is 0.337 e. The molecule has 2 N–H and O–H groups in total. The lowest BCUT2D eigenvalue weighted by Gasteiger charge is -2.11. The Morgan fingerprint density at radius 2 is 1.85 bits per heavy atom. The molecule has 0 unspecified atom stereocenters. The number of rotatable bonds is 7. The molecule has 27 heavy (non-hydrogen) atoms. The second-order valence-electron chi connectivity index (χ2n) is 6.08. The third kappa shape index (κ3) is 5.28. The number of nitrogens with zero attached hydrogens (tertiary/aromatic N) is 2. The van der Waals surface area contributed by atoms with Crippen LogP contribution in [0.25, 0.3) is 0 Å². The fourth-order valence-corrected chi connectivity index (χ4v) is 2.66. The van der Waals surface area contributed by atoms with E-state index in [1.165, 1.54) is 12.7 Å². The summed E-state index contributed by atoms with van der Waals surface area (Å²) < 4.78 is 4.76. The predicted molar refractivity (Wildman–Crippen MR) is 106 cm³/mol. The van der Waals surface area contributed by atoms with Gasteiger partial charge in [0.05, 0.1) is 12.7 Å². The molecular weight excluding hydrogens is 340 g/mol. The van der Waals surface area contributed by atoms with Gasteiger partial charge in [0, 0.05) is 24.0 Å². The van der Waals surface area contributed by atoms with E-state index in [0.717, 1.165) is 24.3 Å². The Labute approximate surface area is 158 Å². The predicted octanol–water partition coefficient (Wildman–Crippen LogP) is 3.97. The molecule has 2 aromatic carbocycles. The van der Waals surface area contributed by atoms with E-state index in [0.29, 0.717) is 17.3 Å². The summed E-state index contributed by atoms with van der Waals surface area (Å²) in [5, 5.41) is 6.48. The Hall–Kier alpha value is -3.41. The zero-order chi connectivity index (χ0) is 19.1. The molecule has 0 aliphatic rings. The van der Waals surface area contributed by atoms with Crippen LogP contribution < -0.4 is 10.6 Å². The maximum absolute atomic E-state index is 11.7. The molecule has 0 spiro atoms. The highest BCUT2D eigenvalue weighted by molar-refractivity contribution is 5.90. The van der Waals surface area contributed by atoms with Crippen LogP contribution >= 0.6 is 0 Å². The minimum atomic E-state index is -0.374. The average Bonchev–Trinajstić information content (AvgIpc) is 2.68. The van der Waals surface area contributed by atoms with Crippen molar-refractivity contribution < 1.29 is 9.53 Å². The van der Waals surface area contributed by atoms with Crippen LogP contribution in [0.15, 0.2) is 60.7 Å². The van der Waals surface area contributed by atoms with Crippen molar-refractivity contribution in [3.63, 3.8) is 0 Å². The zero-order valence-corrected chi connectivity index (χ0v) is 15.4. The van der Waals surface area contributed by atoms with Gasteiger partial charge in [0.15, 0.2) is 0 Å². The van der Waals surface area contributed by atoms with E-state index < -0.39 is 0 Å². The number of methoxy groups -OCH3 is 1.